The van der Waals surface area contributed by atoms with Crippen molar-refractivity contribution in [3.05, 3.63) is 42.7 Å². The Kier molecular flexibility index (Phi) is 9.48. The van der Waals surface area contributed by atoms with Crippen molar-refractivity contribution in [3.63, 3.8) is 0 Å². The topological polar surface area (TPSA) is 0 Å². The van der Waals surface area contributed by atoms with Crippen LogP contribution in [0.25, 0.3) is 0 Å². The summed E-state index contributed by atoms with van der Waals surface area (Å²) in [4.78, 5) is 0. The van der Waals surface area contributed by atoms with Crippen molar-refractivity contribution in [3.8, 4) is 0 Å². The van der Waals surface area contributed by atoms with Crippen LogP contribution in [0.4, 0.5) is 0 Å². The van der Waals surface area contributed by atoms with Gasteiger partial charge in [-0.1, -0.05) is 0 Å². The molecule has 2 aliphatic rings. The summed E-state index contributed by atoms with van der Waals surface area (Å²) >= 11 is -1.35. The number of allylic oxidation sites excluding steroid dienone is 8. The summed E-state index contributed by atoms with van der Waals surface area (Å²) in [7, 11) is 0. The Morgan fingerprint density at radius 3 is 1.85 bits per heavy atom. The molecule has 146 valence electrons. The Bertz CT molecular complexity index is 703. The number of rotatable bonds is 2. The molecule has 0 radical (unpaired) electrons. The maximum Gasteiger partial charge on any atom is -1.00 e. The zero-order chi connectivity index (χ0) is 18.4. The van der Waals surface area contributed by atoms with Crippen LogP contribution in [0.3, 0.4) is 0 Å². The first-order valence-corrected chi connectivity index (χ1v) is 15.8. The minimum Gasteiger partial charge on any atom is -1.00 e. The maximum absolute atomic E-state index is 2.62. The first kappa shape index (κ1) is 26.5. The number of hydrogen-bond donors (Lipinski definition) is 0. The molecule has 0 aromatic heterocycles. The number of hydrogen-bond acceptors (Lipinski definition) is 0. The number of halogens is 2. The Hall–Kier alpha value is 0.471. The molecule has 1 unspecified atom stereocenters. The van der Waals surface area contributed by atoms with Gasteiger partial charge in [0, 0.05) is 0 Å². The molecule has 4 heteroatoms. The zero-order valence-electron chi connectivity index (χ0n) is 18.3. The Morgan fingerprint density at radius 2 is 1.50 bits per heavy atom. The average Bonchev–Trinajstić information content (AvgIpc) is 2.94. The minimum absolute atomic E-state index is 0. The molecule has 0 fully saturated rings. The van der Waals surface area contributed by atoms with E-state index in [9.17, 15) is 0 Å². The van der Waals surface area contributed by atoms with Crippen molar-refractivity contribution < 1.29 is 41.4 Å². The van der Waals surface area contributed by atoms with Gasteiger partial charge in [0.1, 0.15) is 0 Å². The van der Waals surface area contributed by atoms with Crippen LogP contribution in [0.15, 0.2) is 42.7 Å². The normalized spacial score (nSPS) is 19.7. The van der Waals surface area contributed by atoms with Gasteiger partial charge in [0.25, 0.3) is 0 Å². The molecule has 0 aliphatic heterocycles. The van der Waals surface area contributed by atoms with Crippen LogP contribution in [0.2, 0.25) is 13.1 Å². The van der Waals surface area contributed by atoms with Gasteiger partial charge in [0.05, 0.1) is 0 Å². The molecule has 2 rings (SSSR count). The Labute approximate surface area is 181 Å². The maximum atomic E-state index is 2.62. The van der Waals surface area contributed by atoms with Gasteiger partial charge in [-0.3, -0.25) is 0 Å². The quantitative estimate of drug-likeness (QED) is 0.555. The van der Waals surface area contributed by atoms with E-state index >= 15 is 0 Å². The van der Waals surface area contributed by atoms with Crippen LogP contribution in [0, 0.1) is 16.7 Å². The van der Waals surface area contributed by atoms with E-state index in [0.717, 1.165) is 0 Å². The third-order valence-electron chi connectivity index (χ3n) is 5.38. The van der Waals surface area contributed by atoms with E-state index in [1.165, 1.54) is 6.42 Å². The molecule has 0 aromatic rings. The molecule has 0 aromatic carbocycles. The van der Waals surface area contributed by atoms with Crippen LogP contribution >= 0.6 is 0 Å². The van der Waals surface area contributed by atoms with Crippen LogP contribution in [0.5, 0.6) is 0 Å². The molecule has 0 amide bonds. The minimum atomic E-state index is -1.35. The fourth-order valence-corrected chi connectivity index (χ4v) is 16.0. The third-order valence-corrected chi connectivity index (χ3v) is 17.2. The molecule has 2 aliphatic carbocycles. The molecule has 0 nitrogen and oxygen atoms in total. The van der Waals surface area contributed by atoms with Crippen LogP contribution in [0.1, 0.15) is 61.8 Å². The van der Waals surface area contributed by atoms with Crippen molar-refractivity contribution in [2.75, 3.05) is 0 Å². The summed E-state index contributed by atoms with van der Waals surface area (Å²) in [5.74, 6) is 0.660. The monoisotopic (exact) mass is 446 g/mol. The van der Waals surface area contributed by atoms with Gasteiger partial charge in [-0.15, -0.1) is 0 Å². The molecule has 0 bridgehead atoms. The molecule has 0 heterocycles. The standard InChI is InChI=1S/2C10H15.C2H6Si.2ClH.Ti/c2*1-8-5-6-9(7-8)10(2,3)4;1-3-2;;;/h7H,6H2,1-4H3;6-8H,1-4H3;1-2H3;2*1H;/q;;;;;+2/p-2. The largest absolute Gasteiger partial charge is 1.00 e. The van der Waals surface area contributed by atoms with E-state index in [1.54, 1.807) is 16.7 Å². The van der Waals surface area contributed by atoms with Crippen molar-refractivity contribution >= 4 is 6.19 Å². The van der Waals surface area contributed by atoms with E-state index in [1.807, 2.05) is 7.76 Å². The van der Waals surface area contributed by atoms with Crippen LogP contribution in [-0.4, -0.2) is 6.19 Å². The summed E-state index contributed by atoms with van der Waals surface area (Å²) in [5, 5.41) is 0. The van der Waals surface area contributed by atoms with Gasteiger partial charge >= 0.3 is 157 Å². The predicted octanol–water partition coefficient (Wildman–Crippen LogP) is 1.02. The summed E-state index contributed by atoms with van der Waals surface area (Å²) in [5.41, 5.74) is 5.42. The second kappa shape index (κ2) is 9.31. The fraction of sp³-hybridized carbons (Fsp3) is 0.636. The smallest absolute Gasteiger partial charge is 1.00 e. The summed E-state index contributed by atoms with van der Waals surface area (Å²) in [6.07, 6.45) is 8.68. The van der Waals surface area contributed by atoms with E-state index < -0.39 is 16.6 Å². The van der Waals surface area contributed by atoms with Crippen molar-refractivity contribution in [2.45, 2.75) is 74.9 Å². The van der Waals surface area contributed by atoms with Gasteiger partial charge < -0.3 is 24.8 Å². The molecule has 0 saturated carbocycles. The zero-order valence-corrected chi connectivity index (χ0v) is 22.3. The Morgan fingerprint density at radius 1 is 0.962 bits per heavy atom. The fourth-order valence-electron chi connectivity index (χ4n) is 3.73. The van der Waals surface area contributed by atoms with E-state index in [2.05, 4.69) is 86.7 Å². The van der Waals surface area contributed by atoms with Gasteiger partial charge in [0.2, 0.25) is 0 Å². The van der Waals surface area contributed by atoms with Gasteiger partial charge in [-0.2, -0.15) is 0 Å². The SMILES string of the molecule is CC1=[C]([Ti+2]([C]2=CC(C(C)(C)C)=CC2C)=[Si](C)C)CC(C(C)(C)C)=C1.[Cl-].[Cl-]. The molecule has 1 atom stereocenters. The first-order chi connectivity index (χ1) is 10.8. The third kappa shape index (κ3) is 5.74. The molecule has 26 heavy (non-hydrogen) atoms. The molecular weight excluding hydrogens is 411 g/mol. The van der Waals surface area contributed by atoms with Crippen molar-refractivity contribution in [1.82, 2.24) is 0 Å². The predicted molar refractivity (Wildman–Crippen MR) is 107 cm³/mol. The van der Waals surface area contributed by atoms with E-state index in [4.69, 9.17) is 0 Å². The Balaban J connectivity index is 0.00000312. The summed E-state index contributed by atoms with van der Waals surface area (Å²) in [6.45, 7) is 24.1. The second-order valence-corrected chi connectivity index (χ2v) is 21.7. The van der Waals surface area contributed by atoms with Gasteiger partial charge in [-0.05, 0) is 0 Å². The average molecular weight is 447 g/mol. The van der Waals surface area contributed by atoms with Gasteiger partial charge in [0.15, 0.2) is 0 Å². The van der Waals surface area contributed by atoms with Crippen molar-refractivity contribution in [1.29, 1.82) is 0 Å². The van der Waals surface area contributed by atoms with Crippen LogP contribution < -0.4 is 24.8 Å². The van der Waals surface area contributed by atoms with E-state index in [0.29, 0.717) is 11.3 Å². The van der Waals surface area contributed by atoms with Gasteiger partial charge in [-0.25, -0.2) is 0 Å². The second-order valence-electron chi connectivity index (χ2n) is 9.89. The van der Waals surface area contributed by atoms with E-state index in [-0.39, 0.29) is 36.4 Å². The summed E-state index contributed by atoms with van der Waals surface area (Å²) in [6, 6.07) is 0. The molecule has 0 N–H and O–H groups in total. The van der Waals surface area contributed by atoms with Crippen molar-refractivity contribution in [2.24, 2.45) is 16.7 Å². The molecule has 0 spiro atoms. The molecular formula is C22H36Cl2SiTi. The molecule has 0 saturated heterocycles. The first-order valence-electron chi connectivity index (χ1n) is 9.35. The van der Waals surface area contributed by atoms with Crippen LogP contribution in [-0.2, 0) is 16.6 Å². The summed E-state index contributed by atoms with van der Waals surface area (Å²) < 4.78 is 3.72.